The summed E-state index contributed by atoms with van der Waals surface area (Å²) in [6.07, 6.45) is 0.322. The van der Waals surface area contributed by atoms with Gasteiger partial charge in [-0.2, -0.15) is 10.1 Å². The molecule has 8 nitrogen and oxygen atoms in total. The molecule has 0 aliphatic rings. The Hall–Kier alpha value is -3.62. The fourth-order valence-corrected chi connectivity index (χ4v) is 3.39. The molecule has 2 aromatic carbocycles. The lowest BCUT2D eigenvalue weighted by molar-refractivity contribution is -0.127. The molecule has 164 valence electrons. The van der Waals surface area contributed by atoms with Gasteiger partial charge in [0, 0.05) is 12.0 Å². The van der Waals surface area contributed by atoms with E-state index >= 15 is 0 Å². The van der Waals surface area contributed by atoms with Gasteiger partial charge in [0.05, 0.1) is 29.2 Å². The van der Waals surface area contributed by atoms with Crippen LogP contribution in [0.5, 0.6) is 0 Å². The molecule has 0 aliphatic heterocycles. The summed E-state index contributed by atoms with van der Waals surface area (Å²) in [7, 11) is 0. The van der Waals surface area contributed by atoms with E-state index in [1.807, 2.05) is 41.9 Å². The summed E-state index contributed by atoms with van der Waals surface area (Å²) in [6.45, 7) is 3.55. The molecule has 1 unspecified atom stereocenters. The minimum atomic E-state index is -1.23. The Kier molecular flexibility index (Phi) is 6.25. The third-order valence-electron chi connectivity index (χ3n) is 5.27. The molecular weight excluding hydrogens is 408 g/mol. The largest absolute Gasteiger partial charge is 0.393 e. The molecule has 2 heterocycles. The summed E-state index contributed by atoms with van der Waals surface area (Å²) in [4.78, 5) is 16.6. The first-order valence-corrected chi connectivity index (χ1v) is 10.4. The van der Waals surface area contributed by atoms with Crippen LogP contribution in [-0.4, -0.2) is 42.0 Å². The standard InChI is InChI=1S/C24H24N4O4/c1-15(29)8-13-21(30)22(31)17-9-11-18(12-10-17)23-26-24(32-27-23)20-14-25-28(16(20)2)19-6-4-3-5-7-19/h3-7,9-12,14-15,22,29,31H,8,13H2,1-2H3/t15-,22?/m0/s1. The van der Waals surface area contributed by atoms with Crippen LogP contribution in [0.4, 0.5) is 0 Å². The van der Waals surface area contributed by atoms with Crippen molar-refractivity contribution in [3.8, 4) is 28.5 Å². The van der Waals surface area contributed by atoms with Gasteiger partial charge < -0.3 is 14.7 Å². The van der Waals surface area contributed by atoms with Crippen molar-refractivity contribution in [3.63, 3.8) is 0 Å². The summed E-state index contributed by atoms with van der Waals surface area (Å²) in [6, 6.07) is 16.6. The van der Waals surface area contributed by atoms with Gasteiger partial charge in [0.2, 0.25) is 5.82 Å². The number of hydrogen-bond acceptors (Lipinski definition) is 7. The van der Waals surface area contributed by atoms with Crippen LogP contribution in [-0.2, 0) is 4.79 Å². The van der Waals surface area contributed by atoms with Crippen LogP contribution in [0.15, 0.2) is 65.3 Å². The number of benzene rings is 2. The van der Waals surface area contributed by atoms with E-state index < -0.39 is 12.2 Å². The van der Waals surface area contributed by atoms with Gasteiger partial charge in [-0.25, -0.2) is 4.68 Å². The Morgan fingerprint density at radius 1 is 1.09 bits per heavy atom. The smallest absolute Gasteiger partial charge is 0.261 e. The molecule has 0 fully saturated rings. The van der Waals surface area contributed by atoms with Gasteiger partial charge in [-0.1, -0.05) is 47.6 Å². The van der Waals surface area contributed by atoms with Crippen LogP contribution in [0.1, 0.15) is 37.1 Å². The Bertz CT molecular complexity index is 1200. The Balaban J connectivity index is 1.51. The number of aliphatic hydroxyl groups excluding tert-OH is 2. The zero-order valence-electron chi connectivity index (χ0n) is 17.8. The van der Waals surface area contributed by atoms with Crippen LogP contribution in [0.2, 0.25) is 0 Å². The summed E-state index contributed by atoms with van der Waals surface area (Å²) >= 11 is 0. The van der Waals surface area contributed by atoms with Gasteiger partial charge in [0.15, 0.2) is 5.78 Å². The first kappa shape index (κ1) is 21.6. The first-order chi connectivity index (χ1) is 15.4. The number of carbonyl (C=O) groups is 1. The number of ketones is 1. The highest BCUT2D eigenvalue weighted by Crippen LogP contribution is 2.27. The molecule has 2 atom stereocenters. The van der Waals surface area contributed by atoms with E-state index in [1.54, 1.807) is 37.4 Å². The van der Waals surface area contributed by atoms with Crippen molar-refractivity contribution in [3.05, 3.63) is 72.1 Å². The average molecular weight is 432 g/mol. The second-order valence-electron chi connectivity index (χ2n) is 7.69. The topological polar surface area (TPSA) is 114 Å². The maximum Gasteiger partial charge on any atom is 0.261 e. The van der Waals surface area contributed by atoms with Gasteiger partial charge in [-0.15, -0.1) is 0 Å². The average Bonchev–Trinajstić information content (AvgIpc) is 3.44. The molecule has 4 aromatic rings. The van der Waals surface area contributed by atoms with E-state index in [0.29, 0.717) is 29.3 Å². The molecule has 0 bridgehead atoms. The number of aromatic nitrogens is 4. The van der Waals surface area contributed by atoms with Crippen molar-refractivity contribution >= 4 is 5.78 Å². The fraction of sp³-hybridized carbons (Fsp3) is 0.250. The monoisotopic (exact) mass is 432 g/mol. The molecule has 0 saturated heterocycles. The molecule has 0 radical (unpaired) electrons. The molecule has 8 heteroatoms. The molecule has 32 heavy (non-hydrogen) atoms. The highest BCUT2D eigenvalue weighted by Gasteiger charge is 2.19. The summed E-state index contributed by atoms with van der Waals surface area (Å²) in [5, 5.41) is 28.1. The number of hydrogen-bond donors (Lipinski definition) is 2. The third kappa shape index (κ3) is 4.51. The zero-order valence-corrected chi connectivity index (χ0v) is 17.8. The highest BCUT2D eigenvalue weighted by atomic mass is 16.5. The minimum absolute atomic E-state index is 0.116. The Morgan fingerprint density at radius 2 is 1.81 bits per heavy atom. The van der Waals surface area contributed by atoms with Gasteiger partial charge in [-0.3, -0.25) is 4.79 Å². The molecule has 0 saturated carbocycles. The number of aliphatic hydroxyl groups is 2. The number of nitrogens with zero attached hydrogens (tertiary/aromatic N) is 4. The van der Waals surface area contributed by atoms with Crippen LogP contribution in [0.25, 0.3) is 28.5 Å². The highest BCUT2D eigenvalue weighted by molar-refractivity contribution is 5.84. The van der Waals surface area contributed by atoms with Crippen molar-refractivity contribution in [1.82, 2.24) is 19.9 Å². The van der Waals surface area contributed by atoms with Crippen LogP contribution in [0.3, 0.4) is 0 Å². The second kappa shape index (κ2) is 9.25. The predicted molar refractivity (Wildman–Crippen MR) is 118 cm³/mol. The maximum absolute atomic E-state index is 12.1. The summed E-state index contributed by atoms with van der Waals surface area (Å²) in [5.41, 5.74) is 3.73. The van der Waals surface area contributed by atoms with E-state index in [1.165, 1.54) is 0 Å². The molecule has 0 aliphatic carbocycles. The van der Waals surface area contributed by atoms with E-state index in [-0.39, 0.29) is 12.2 Å². The number of carbonyl (C=O) groups excluding carboxylic acids is 1. The van der Waals surface area contributed by atoms with Gasteiger partial charge in [0.1, 0.15) is 6.10 Å². The van der Waals surface area contributed by atoms with Crippen molar-refractivity contribution in [1.29, 1.82) is 0 Å². The van der Waals surface area contributed by atoms with Crippen LogP contribution < -0.4 is 0 Å². The van der Waals surface area contributed by atoms with Crippen molar-refractivity contribution in [2.24, 2.45) is 0 Å². The molecule has 0 spiro atoms. The fourth-order valence-electron chi connectivity index (χ4n) is 3.39. The van der Waals surface area contributed by atoms with E-state index in [9.17, 15) is 15.0 Å². The molecular formula is C24H24N4O4. The maximum atomic E-state index is 12.1. The van der Waals surface area contributed by atoms with Crippen molar-refractivity contribution in [2.75, 3.05) is 0 Å². The lowest BCUT2D eigenvalue weighted by Crippen LogP contribution is -2.14. The number of para-hydroxylation sites is 1. The number of Topliss-reactive ketones (excluding diaryl/α,β-unsaturated/α-hetero) is 1. The Morgan fingerprint density at radius 3 is 2.50 bits per heavy atom. The second-order valence-corrected chi connectivity index (χ2v) is 7.69. The van der Waals surface area contributed by atoms with E-state index in [2.05, 4.69) is 15.2 Å². The lowest BCUT2D eigenvalue weighted by Gasteiger charge is -2.11. The van der Waals surface area contributed by atoms with Crippen LogP contribution in [0, 0.1) is 6.92 Å². The molecule has 4 rings (SSSR count). The normalized spacial score (nSPS) is 13.1. The quantitative estimate of drug-likeness (QED) is 0.437. The lowest BCUT2D eigenvalue weighted by atomic mass is 10.00. The van der Waals surface area contributed by atoms with E-state index in [4.69, 9.17) is 4.52 Å². The molecule has 0 amide bonds. The number of rotatable bonds is 8. The summed E-state index contributed by atoms with van der Waals surface area (Å²) < 4.78 is 7.27. The van der Waals surface area contributed by atoms with Gasteiger partial charge >= 0.3 is 0 Å². The van der Waals surface area contributed by atoms with Gasteiger partial charge in [-0.05, 0) is 38.0 Å². The molecule has 2 aromatic heterocycles. The SMILES string of the molecule is Cc1c(-c2nc(-c3ccc(C(O)C(=O)CC[C@H](C)O)cc3)no2)cnn1-c1ccccc1. The third-order valence-corrected chi connectivity index (χ3v) is 5.27. The minimum Gasteiger partial charge on any atom is -0.393 e. The van der Waals surface area contributed by atoms with Crippen LogP contribution >= 0.6 is 0 Å². The Labute approximate surface area is 185 Å². The van der Waals surface area contributed by atoms with Crippen molar-refractivity contribution < 1.29 is 19.5 Å². The van der Waals surface area contributed by atoms with Gasteiger partial charge in [0.25, 0.3) is 5.89 Å². The van der Waals surface area contributed by atoms with E-state index in [0.717, 1.165) is 16.9 Å². The first-order valence-electron chi connectivity index (χ1n) is 10.4. The molecule has 2 N–H and O–H groups in total. The zero-order chi connectivity index (χ0) is 22.7. The predicted octanol–water partition coefficient (Wildman–Crippen LogP) is 3.66. The summed E-state index contributed by atoms with van der Waals surface area (Å²) in [5.74, 6) is 0.428. The van der Waals surface area contributed by atoms with Crippen molar-refractivity contribution in [2.45, 2.75) is 38.9 Å².